The van der Waals surface area contributed by atoms with E-state index in [1.165, 1.54) is 32.1 Å². The second-order valence-electron chi connectivity index (χ2n) is 11.5. The highest BCUT2D eigenvalue weighted by molar-refractivity contribution is 5.83. The van der Waals surface area contributed by atoms with Crippen molar-refractivity contribution < 1.29 is 14.3 Å². The first-order chi connectivity index (χ1) is 12.6. The molecule has 0 aromatic carbocycles. The fourth-order valence-corrected chi connectivity index (χ4v) is 13.5. The fourth-order valence-electron chi connectivity index (χ4n) is 13.5. The molecule has 0 N–H and O–H groups in total. The van der Waals surface area contributed by atoms with Gasteiger partial charge in [-0.3, -0.25) is 4.79 Å². The quantitative estimate of drug-likeness (QED) is 0.713. The lowest BCUT2D eigenvalue weighted by Crippen LogP contribution is -2.73. The molecule has 26 heavy (non-hydrogen) atoms. The Balaban J connectivity index is 1.54. The molecule has 140 valence electrons. The highest BCUT2D eigenvalue weighted by Gasteiger charge is 3.01. The molecule has 9 aliphatic carbocycles. The van der Waals surface area contributed by atoms with Crippen LogP contribution >= 0.6 is 0 Å². The van der Waals surface area contributed by atoms with Gasteiger partial charge in [-0.15, -0.1) is 0 Å². The molecule has 9 fully saturated rings. The van der Waals surface area contributed by atoms with Crippen molar-refractivity contribution >= 4 is 5.97 Å². The van der Waals surface area contributed by atoms with Gasteiger partial charge in [-0.25, -0.2) is 0 Å². The molecule has 3 nitrogen and oxygen atoms in total. The van der Waals surface area contributed by atoms with Crippen LogP contribution in [-0.4, -0.2) is 25.8 Å². The Bertz CT molecular complexity index is 777. The minimum atomic E-state index is -0.309. The SMILES string of the molecule is COC(=O)[C@@]12[C@@H]3[C@@H]4CC[C@@H]5[C@@H]4[C@@H]4[C@@H]3[C@@H]3[C@H]([C@H]6CCC[C@H]6[C@@H]31)[C@]4(C)[C@@]52OC. The van der Waals surface area contributed by atoms with Crippen LogP contribution in [0.5, 0.6) is 0 Å². The summed E-state index contributed by atoms with van der Waals surface area (Å²) >= 11 is 0. The first-order valence-electron chi connectivity index (χ1n) is 11.3. The van der Waals surface area contributed by atoms with E-state index in [0.29, 0.717) is 17.8 Å². The van der Waals surface area contributed by atoms with Gasteiger partial charge in [-0.2, -0.15) is 0 Å². The molecule has 0 aromatic heterocycles. The van der Waals surface area contributed by atoms with E-state index in [1.54, 1.807) is 7.11 Å². The predicted molar refractivity (Wildman–Crippen MR) is 93.8 cm³/mol. The summed E-state index contributed by atoms with van der Waals surface area (Å²) in [6.07, 6.45) is 6.82. The molecule has 9 bridgehead atoms. The Hall–Kier alpha value is -0.570. The highest BCUT2D eigenvalue weighted by atomic mass is 16.5. The summed E-state index contributed by atoms with van der Waals surface area (Å²) < 4.78 is 12.5. The van der Waals surface area contributed by atoms with Crippen LogP contribution in [0.25, 0.3) is 0 Å². The van der Waals surface area contributed by atoms with Crippen molar-refractivity contribution in [1.82, 2.24) is 0 Å². The molecule has 0 heterocycles. The molecule has 0 saturated heterocycles. The Kier molecular flexibility index (Phi) is 2.04. The molecular weight excluding hydrogens is 324 g/mol. The lowest BCUT2D eigenvalue weighted by atomic mass is 9.42. The maximum atomic E-state index is 13.8. The standard InChI is InChI=1S/C23H30O3/c1-21-16-9-5-4-6-10(9)17-14(16)15-18-11-7-8-12(13(11)19(15)21)23(21,26-3)22(17,18)20(24)25-2/h9-19H,4-8H2,1-3H3/t9-,10+,11+,12+,13+,14+,15+,16-,17-,18+,19+,21-,22-,23-/m0/s1. The maximum absolute atomic E-state index is 13.8. The number of carbonyl (C=O) groups excluding carboxylic acids is 1. The first kappa shape index (κ1) is 14.4. The Morgan fingerprint density at radius 1 is 0.846 bits per heavy atom. The molecule has 0 amide bonds. The maximum Gasteiger partial charge on any atom is 0.315 e. The van der Waals surface area contributed by atoms with Crippen molar-refractivity contribution in [3.63, 3.8) is 0 Å². The number of fused-ring (bicyclic) bond motifs is 1. The van der Waals surface area contributed by atoms with Crippen molar-refractivity contribution in [2.24, 2.45) is 75.9 Å². The minimum Gasteiger partial charge on any atom is -0.468 e. The van der Waals surface area contributed by atoms with Crippen LogP contribution in [-0.2, 0) is 14.3 Å². The van der Waals surface area contributed by atoms with Gasteiger partial charge in [0.15, 0.2) is 0 Å². The third-order valence-electron chi connectivity index (χ3n) is 12.5. The largest absolute Gasteiger partial charge is 0.468 e. The Morgan fingerprint density at radius 2 is 1.54 bits per heavy atom. The second kappa shape index (κ2) is 3.67. The van der Waals surface area contributed by atoms with E-state index in [2.05, 4.69) is 6.92 Å². The molecule has 0 spiro atoms. The average molecular weight is 354 g/mol. The Morgan fingerprint density at radius 3 is 2.27 bits per heavy atom. The number of esters is 1. The zero-order valence-corrected chi connectivity index (χ0v) is 16.1. The van der Waals surface area contributed by atoms with E-state index in [4.69, 9.17) is 9.47 Å². The van der Waals surface area contributed by atoms with Crippen molar-refractivity contribution in [2.45, 2.75) is 44.6 Å². The zero-order chi connectivity index (χ0) is 17.4. The molecule has 0 aromatic rings. The van der Waals surface area contributed by atoms with Gasteiger partial charge < -0.3 is 9.47 Å². The fraction of sp³-hybridized carbons (Fsp3) is 0.957. The van der Waals surface area contributed by atoms with Crippen LogP contribution in [0.4, 0.5) is 0 Å². The van der Waals surface area contributed by atoms with Crippen molar-refractivity contribution in [1.29, 1.82) is 0 Å². The van der Waals surface area contributed by atoms with Gasteiger partial charge in [0.05, 0.1) is 12.7 Å². The number of hydrogen-bond donors (Lipinski definition) is 0. The molecule has 9 aliphatic rings. The molecule has 0 unspecified atom stereocenters. The van der Waals surface area contributed by atoms with E-state index >= 15 is 0 Å². The lowest BCUT2D eigenvalue weighted by molar-refractivity contribution is -0.273. The van der Waals surface area contributed by atoms with Crippen molar-refractivity contribution in [2.75, 3.05) is 14.2 Å². The lowest BCUT2D eigenvalue weighted by Gasteiger charge is -2.64. The average Bonchev–Trinajstić information content (AvgIpc) is 3.39. The highest BCUT2D eigenvalue weighted by Crippen LogP contribution is 2.99. The molecular formula is C23H30O3. The predicted octanol–water partition coefficient (Wildman–Crippen LogP) is 3.37. The molecule has 0 radical (unpaired) electrons. The third-order valence-corrected chi connectivity index (χ3v) is 12.5. The molecule has 9 rings (SSSR count). The van der Waals surface area contributed by atoms with Crippen LogP contribution in [0, 0.1) is 75.9 Å². The number of hydrogen-bond acceptors (Lipinski definition) is 3. The molecule has 9 saturated carbocycles. The van der Waals surface area contributed by atoms with Gasteiger partial charge in [-0.1, -0.05) is 13.3 Å². The van der Waals surface area contributed by atoms with Gasteiger partial charge in [0.25, 0.3) is 0 Å². The summed E-state index contributed by atoms with van der Waals surface area (Å²) in [7, 11) is 3.62. The third kappa shape index (κ3) is 0.855. The van der Waals surface area contributed by atoms with Gasteiger partial charge in [0, 0.05) is 12.5 Å². The molecule has 3 heteroatoms. The summed E-state index contributed by atoms with van der Waals surface area (Å²) in [5.74, 6) is 8.56. The van der Waals surface area contributed by atoms with Crippen LogP contribution in [0.15, 0.2) is 0 Å². The summed E-state index contributed by atoms with van der Waals surface area (Å²) in [6, 6.07) is 0. The summed E-state index contributed by atoms with van der Waals surface area (Å²) in [5.41, 5.74) is -0.300. The van der Waals surface area contributed by atoms with Crippen LogP contribution < -0.4 is 0 Å². The molecule has 14 atom stereocenters. The monoisotopic (exact) mass is 354 g/mol. The smallest absolute Gasteiger partial charge is 0.315 e. The molecule has 0 aliphatic heterocycles. The topological polar surface area (TPSA) is 35.5 Å². The van der Waals surface area contributed by atoms with Crippen LogP contribution in [0.1, 0.15) is 39.0 Å². The van der Waals surface area contributed by atoms with E-state index in [-0.39, 0.29) is 22.4 Å². The van der Waals surface area contributed by atoms with Crippen LogP contribution in [0.2, 0.25) is 0 Å². The number of carbonyl (C=O) groups is 1. The van der Waals surface area contributed by atoms with Gasteiger partial charge in [0.2, 0.25) is 0 Å². The van der Waals surface area contributed by atoms with Gasteiger partial charge in [-0.05, 0) is 90.8 Å². The number of rotatable bonds is 2. The van der Waals surface area contributed by atoms with E-state index in [9.17, 15) is 4.79 Å². The summed E-state index contributed by atoms with van der Waals surface area (Å²) in [5, 5.41) is 0. The van der Waals surface area contributed by atoms with E-state index in [0.717, 1.165) is 47.3 Å². The summed E-state index contributed by atoms with van der Waals surface area (Å²) in [6.45, 7) is 2.60. The zero-order valence-electron chi connectivity index (χ0n) is 16.1. The first-order valence-corrected chi connectivity index (χ1v) is 11.3. The van der Waals surface area contributed by atoms with Gasteiger partial charge in [0.1, 0.15) is 5.41 Å². The van der Waals surface area contributed by atoms with Crippen molar-refractivity contribution in [3.8, 4) is 0 Å². The Labute approximate surface area is 155 Å². The summed E-state index contributed by atoms with van der Waals surface area (Å²) in [4.78, 5) is 13.8. The number of methoxy groups -OCH3 is 2. The van der Waals surface area contributed by atoms with E-state index < -0.39 is 0 Å². The number of ether oxygens (including phenoxy) is 2. The van der Waals surface area contributed by atoms with E-state index in [1.807, 2.05) is 7.11 Å². The van der Waals surface area contributed by atoms with Crippen molar-refractivity contribution in [3.05, 3.63) is 0 Å². The minimum absolute atomic E-state index is 0.134. The van der Waals surface area contributed by atoms with Crippen LogP contribution in [0.3, 0.4) is 0 Å². The second-order valence-corrected chi connectivity index (χ2v) is 11.5. The normalized spacial score (nSPS) is 74.3. The van der Waals surface area contributed by atoms with Gasteiger partial charge >= 0.3 is 5.97 Å².